The molecule has 1 aromatic carbocycles. The molecule has 0 aliphatic carbocycles. The maximum absolute atomic E-state index is 6.05. The van der Waals surface area contributed by atoms with Gasteiger partial charge in [0.1, 0.15) is 5.15 Å². The zero-order valence-corrected chi connectivity index (χ0v) is 10.2. The molecule has 0 spiro atoms. The fourth-order valence-corrected chi connectivity index (χ4v) is 1.70. The largest absolute Gasteiger partial charge is 0.235 e. The number of fused-ring (bicyclic) bond motifs is 1. The molecule has 0 fully saturated rings. The van der Waals surface area contributed by atoms with Crippen LogP contribution in [-0.2, 0) is 0 Å². The molecule has 0 atom stereocenters. The van der Waals surface area contributed by atoms with Crippen LogP contribution in [0, 0.1) is 11.8 Å². The third kappa shape index (κ3) is 2.49. The van der Waals surface area contributed by atoms with Gasteiger partial charge in [0.2, 0.25) is 0 Å². The molecular formula is C13H10ClNS. The number of thiol groups is 1. The van der Waals surface area contributed by atoms with Crippen LogP contribution in [0.4, 0.5) is 0 Å². The van der Waals surface area contributed by atoms with Crippen molar-refractivity contribution in [3.05, 3.63) is 41.0 Å². The van der Waals surface area contributed by atoms with Gasteiger partial charge in [0, 0.05) is 17.6 Å². The molecule has 16 heavy (non-hydrogen) atoms. The molecule has 80 valence electrons. The molecule has 1 nitrogen and oxygen atoms in total. The highest BCUT2D eigenvalue weighted by Crippen LogP contribution is 2.19. The predicted octanol–water partition coefficient (Wildman–Crippen LogP) is 3.56. The van der Waals surface area contributed by atoms with Crippen molar-refractivity contribution in [1.82, 2.24) is 4.98 Å². The Morgan fingerprint density at radius 1 is 1.31 bits per heavy atom. The average molecular weight is 248 g/mol. The van der Waals surface area contributed by atoms with E-state index in [0.717, 1.165) is 28.6 Å². The third-order valence-corrected chi connectivity index (χ3v) is 2.65. The summed E-state index contributed by atoms with van der Waals surface area (Å²) in [6.45, 7) is 0. The molecule has 0 aliphatic rings. The first-order valence-corrected chi connectivity index (χ1v) is 5.97. The highest BCUT2D eigenvalue weighted by molar-refractivity contribution is 7.80. The van der Waals surface area contributed by atoms with Gasteiger partial charge >= 0.3 is 0 Å². The zero-order valence-electron chi connectivity index (χ0n) is 8.57. The zero-order chi connectivity index (χ0) is 11.4. The molecule has 0 unspecified atom stereocenters. The molecule has 0 bridgehead atoms. The van der Waals surface area contributed by atoms with Gasteiger partial charge in [-0.2, -0.15) is 12.6 Å². The normalized spacial score (nSPS) is 9.88. The Hall–Kier alpha value is -1.17. The van der Waals surface area contributed by atoms with E-state index in [2.05, 4.69) is 29.5 Å². The second-order valence-electron chi connectivity index (χ2n) is 3.29. The number of aromatic nitrogens is 1. The lowest BCUT2D eigenvalue weighted by Gasteiger charge is -1.99. The topological polar surface area (TPSA) is 12.9 Å². The molecule has 0 amide bonds. The summed E-state index contributed by atoms with van der Waals surface area (Å²) in [7, 11) is 0. The van der Waals surface area contributed by atoms with Crippen LogP contribution in [-0.4, -0.2) is 10.7 Å². The second-order valence-corrected chi connectivity index (χ2v) is 4.10. The van der Waals surface area contributed by atoms with Crippen molar-refractivity contribution < 1.29 is 0 Å². The second kappa shape index (κ2) is 5.25. The van der Waals surface area contributed by atoms with Gasteiger partial charge in [-0.05, 0) is 12.1 Å². The van der Waals surface area contributed by atoms with E-state index in [9.17, 15) is 0 Å². The lowest BCUT2D eigenvalue weighted by molar-refractivity contribution is 1.31. The van der Waals surface area contributed by atoms with Crippen LogP contribution < -0.4 is 0 Å². The summed E-state index contributed by atoms with van der Waals surface area (Å²) in [5.41, 5.74) is 1.68. The minimum atomic E-state index is 0.463. The van der Waals surface area contributed by atoms with Crippen molar-refractivity contribution in [1.29, 1.82) is 0 Å². The van der Waals surface area contributed by atoms with Crippen LogP contribution in [0.15, 0.2) is 30.3 Å². The maximum atomic E-state index is 6.05. The molecular weight excluding hydrogens is 238 g/mol. The average Bonchev–Trinajstić information content (AvgIpc) is 2.30. The fourth-order valence-electron chi connectivity index (χ4n) is 1.39. The van der Waals surface area contributed by atoms with Gasteiger partial charge in [-0.3, -0.25) is 0 Å². The summed E-state index contributed by atoms with van der Waals surface area (Å²) in [5, 5.41) is 1.52. The first-order valence-electron chi connectivity index (χ1n) is 4.96. The van der Waals surface area contributed by atoms with Crippen molar-refractivity contribution in [3.8, 4) is 11.8 Å². The Morgan fingerprint density at radius 3 is 2.94 bits per heavy atom. The van der Waals surface area contributed by atoms with Gasteiger partial charge in [-0.25, -0.2) is 4.98 Å². The lowest BCUT2D eigenvalue weighted by atomic mass is 10.1. The van der Waals surface area contributed by atoms with Crippen molar-refractivity contribution in [3.63, 3.8) is 0 Å². The standard InChI is InChI=1S/C13H10ClNS/c14-13-11(6-3-4-8-16)9-10-5-1-2-7-12(10)15-13/h1-2,5,7,9,16H,4,8H2. The first-order chi connectivity index (χ1) is 7.81. The molecule has 0 saturated carbocycles. The smallest absolute Gasteiger partial charge is 0.145 e. The minimum absolute atomic E-state index is 0.463. The summed E-state index contributed by atoms with van der Waals surface area (Å²) in [4.78, 5) is 4.30. The fraction of sp³-hybridized carbons (Fsp3) is 0.154. The molecule has 1 heterocycles. The van der Waals surface area contributed by atoms with Gasteiger partial charge in [0.05, 0.1) is 11.1 Å². The van der Waals surface area contributed by atoms with Gasteiger partial charge < -0.3 is 0 Å². The highest BCUT2D eigenvalue weighted by atomic mass is 35.5. The molecule has 0 N–H and O–H groups in total. The van der Waals surface area contributed by atoms with Crippen molar-refractivity contribution in [2.75, 3.05) is 5.75 Å². The summed E-state index contributed by atoms with van der Waals surface area (Å²) >= 11 is 10.2. The van der Waals surface area contributed by atoms with Gasteiger partial charge in [0.25, 0.3) is 0 Å². The number of pyridine rings is 1. The molecule has 0 saturated heterocycles. The van der Waals surface area contributed by atoms with E-state index < -0.39 is 0 Å². The van der Waals surface area contributed by atoms with E-state index in [1.165, 1.54) is 0 Å². The number of halogens is 1. The lowest BCUT2D eigenvalue weighted by Crippen LogP contribution is -1.85. The van der Waals surface area contributed by atoms with E-state index in [-0.39, 0.29) is 0 Å². The van der Waals surface area contributed by atoms with Gasteiger partial charge in [-0.1, -0.05) is 41.6 Å². The van der Waals surface area contributed by atoms with Crippen LogP contribution >= 0.6 is 24.2 Å². The SMILES string of the molecule is SCCC#Cc1cc2ccccc2nc1Cl. The van der Waals surface area contributed by atoms with Crippen LogP contribution in [0.25, 0.3) is 10.9 Å². The molecule has 1 aromatic heterocycles. The summed E-state index contributed by atoms with van der Waals surface area (Å²) in [6, 6.07) is 9.82. The number of nitrogens with zero attached hydrogens (tertiary/aromatic N) is 1. The quantitative estimate of drug-likeness (QED) is 0.462. The van der Waals surface area contributed by atoms with Gasteiger partial charge in [-0.15, -0.1) is 0 Å². The number of para-hydroxylation sites is 1. The van der Waals surface area contributed by atoms with Crippen LogP contribution in [0.3, 0.4) is 0 Å². The van der Waals surface area contributed by atoms with Crippen LogP contribution in [0.2, 0.25) is 5.15 Å². The first kappa shape index (κ1) is 11.3. The highest BCUT2D eigenvalue weighted by Gasteiger charge is 2.01. The molecule has 0 radical (unpaired) electrons. The Bertz CT molecular complexity index is 569. The molecule has 3 heteroatoms. The molecule has 2 rings (SSSR count). The summed E-state index contributed by atoms with van der Waals surface area (Å²) in [5.74, 6) is 6.77. The Labute approximate surface area is 105 Å². The number of hydrogen-bond acceptors (Lipinski definition) is 2. The van der Waals surface area contributed by atoms with E-state index in [1.807, 2.05) is 30.3 Å². The number of benzene rings is 1. The van der Waals surface area contributed by atoms with Crippen LogP contribution in [0.1, 0.15) is 12.0 Å². The Morgan fingerprint density at radius 2 is 2.12 bits per heavy atom. The van der Waals surface area contributed by atoms with E-state index in [4.69, 9.17) is 11.6 Å². The Balaban J connectivity index is 2.47. The maximum Gasteiger partial charge on any atom is 0.145 e. The third-order valence-electron chi connectivity index (χ3n) is 2.14. The molecule has 0 aliphatic heterocycles. The minimum Gasteiger partial charge on any atom is -0.235 e. The monoisotopic (exact) mass is 247 g/mol. The van der Waals surface area contributed by atoms with Crippen molar-refractivity contribution in [2.24, 2.45) is 0 Å². The summed E-state index contributed by atoms with van der Waals surface area (Å²) in [6.07, 6.45) is 0.756. The summed E-state index contributed by atoms with van der Waals surface area (Å²) < 4.78 is 0. The van der Waals surface area contributed by atoms with Gasteiger partial charge in [0.15, 0.2) is 0 Å². The van der Waals surface area contributed by atoms with E-state index in [0.29, 0.717) is 5.15 Å². The van der Waals surface area contributed by atoms with Crippen molar-refractivity contribution >= 4 is 35.1 Å². The predicted molar refractivity (Wildman–Crippen MR) is 72.1 cm³/mol. The van der Waals surface area contributed by atoms with Crippen molar-refractivity contribution in [2.45, 2.75) is 6.42 Å². The number of rotatable bonds is 1. The van der Waals surface area contributed by atoms with Crippen LogP contribution in [0.5, 0.6) is 0 Å². The Kier molecular flexibility index (Phi) is 3.71. The van der Waals surface area contributed by atoms with E-state index >= 15 is 0 Å². The molecule has 2 aromatic rings. The number of hydrogen-bond donors (Lipinski definition) is 1. The van der Waals surface area contributed by atoms with E-state index in [1.54, 1.807) is 0 Å².